The number of rotatable bonds is 4. The summed E-state index contributed by atoms with van der Waals surface area (Å²) in [5, 5.41) is 3.42. The van der Waals surface area contributed by atoms with E-state index in [4.69, 9.17) is 4.74 Å². The maximum atomic E-state index is 5.34. The summed E-state index contributed by atoms with van der Waals surface area (Å²) >= 11 is 0. The standard InChI is InChI=1S/C13H20N2O/c1-14-12(10-6-3-4-7-10)11-8-5-9-15-13(11)16-2/h5,8-10,12,14H,3-4,6-7H2,1-2H3. The van der Waals surface area contributed by atoms with Gasteiger partial charge in [0.1, 0.15) is 0 Å². The van der Waals surface area contributed by atoms with Gasteiger partial charge in [-0.25, -0.2) is 4.98 Å². The van der Waals surface area contributed by atoms with E-state index in [2.05, 4.69) is 16.4 Å². The first-order valence-electron chi connectivity index (χ1n) is 6.03. The monoisotopic (exact) mass is 220 g/mol. The number of hydrogen-bond acceptors (Lipinski definition) is 3. The Morgan fingerprint density at radius 2 is 2.19 bits per heavy atom. The van der Waals surface area contributed by atoms with Gasteiger partial charge in [0.05, 0.1) is 7.11 Å². The molecule has 0 aromatic carbocycles. The summed E-state index contributed by atoms with van der Waals surface area (Å²) in [6.45, 7) is 0. The fourth-order valence-electron chi connectivity index (χ4n) is 2.75. The van der Waals surface area contributed by atoms with E-state index in [1.807, 2.05) is 13.1 Å². The molecular weight excluding hydrogens is 200 g/mol. The molecule has 0 aliphatic heterocycles. The Labute approximate surface area is 97.2 Å². The van der Waals surface area contributed by atoms with Gasteiger partial charge in [-0.05, 0) is 31.9 Å². The fraction of sp³-hybridized carbons (Fsp3) is 0.615. The average molecular weight is 220 g/mol. The fourth-order valence-corrected chi connectivity index (χ4v) is 2.75. The second kappa shape index (κ2) is 5.30. The highest BCUT2D eigenvalue weighted by Crippen LogP contribution is 2.37. The van der Waals surface area contributed by atoms with Gasteiger partial charge in [0, 0.05) is 17.8 Å². The molecule has 1 aliphatic carbocycles. The first-order valence-corrected chi connectivity index (χ1v) is 6.03. The summed E-state index contributed by atoms with van der Waals surface area (Å²) in [5.41, 5.74) is 1.19. The van der Waals surface area contributed by atoms with E-state index < -0.39 is 0 Å². The molecular formula is C13H20N2O. The topological polar surface area (TPSA) is 34.2 Å². The predicted molar refractivity (Wildman–Crippen MR) is 64.5 cm³/mol. The van der Waals surface area contributed by atoms with Crippen LogP contribution in [0.3, 0.4) is 0 Å². The summed E-state index contributed by atoms with van der Waals surface area (Å²) in [6.07, 6.45) is 7.10. The summed E-state index contributed by atoms with van der Waals surface area (Å²) in [6, 6.07) is 4.48. The van der Waals surface area contributed by atoms with Crippen LogP contribution in [0.5, 0.6) is 5.88 Å². The lowest BCUT2D eigenvalue weighted by atomic mass is 9.92. The van der Waals surface area contributed by atoms with Crippen molar-refractivity contribution in [3.63, 3.8) is 0 Å². The first kappa shape index (κ1) is 11.4. The molecule has 3 nitrogen and oxygen atoms in total. The van der Waals surface area contributed by atoms with Crippen molar-refractivity contribution in [1.82, 2.24) is 10.3 Å². The van der Waals surface area contributed by atoms with E-state index in [1.165, 1.54) is 31.2 Å². The molecule has 88 valence electrons. The summed E-state index contributed by atoms with van der Waals surface area (Å²) in [4.78, 5) is 4.28. The molecule has 1 aromatic rings. The van der Waals surface area contributed by atoms with Crippen LogP contribution in [0.15, 0.2) is 18.3 Å². The predicted octanol–water partition coefficient (Wildman–Crippen LogP) is 2.54. The average Bonchev–Trinajstić information content (AvgIpc) is 2.84. The van der Waals surface area contributed by atoms with E-state index >= 15 is 0 Å². The summed E-state index contributed by atoms with van der Waals surface area (Å²) < 4.78 is 5.34. The van der Waals surface area contributed by atoms with Crippen LogP contribution in [-0.4, -0.2) is 19.1 Å². The Bertz CT molecular complexity index is 334. The number of ether oxygens (including phenoxy) is 1. The largest absolute Gasteiger partial charge is 0.481 e. The Morgan fingerprint density at radius 1 is 1.44 bits per heavy atom. The molecule has 1 N–H and O–H groups in total. The zero-order chi connectivity index (χ0) is 11.4. The Balaban J connectivity index is 2.24. The maximum Gasteiger partial charge on any atom is 0.217 e. The lowest BCUT2D eigenvalue weighted by molar-refractivity contribution is 0.350. The number of aromatic nitrogens is 1. The van der Waals surface area contributed by atoms with Gasteiger partial charge in [-0.2, -0.15) is 0 Å². The van der Waals surface area contributed by atoms with E-state index in [-0.39, 0.29) is 0 Å². The van der Waals surface area contributed by atoms with E-state index in [1.54, 1.807) is 13.3 Å². The number of nitrogens with zero attached hydrogens (tertiary/aromatic N) is 1. The van der Waals surface area contributed by atoms with Gasteiger partial charge >= 0.3 is 0 Å². The molecule has 1 heterocycles. The van der Waals surface area contributed by atoms with E-state index in [9.17, 15) is 0 Å². The Kier molecular flexibility index (Phi) is 3.78. The number of hydrogen-bond donors (Lipinski definition) is 1. The Hall–Kier alpha value is -1.09. The van der Waals surface area contributed by atoms with Crippen molar-refractivity contribution in [2.75, 3.05) is 14.2 Å². The molecule has 2 rings (SSSR count). The van der Waals surface area contributed by atoms with Crippen molar-refractivity contribution in [3.8, 4) is 5.88 Å². The molecule has 1 aromatic heterocycles. The van der Waals surface area contributed by atoms with Crippen molar-refractivity contribution < 1.29 is 4.74 Å². The second-order valence-electron chi connectivity index (χ2n) is 4.41. The minimum atomic E-state index is 0.381. The van der Waals surface area contributed by atoms with Crippen molar-refractivity contribution in [2.45, 2.75) is 31.7 Å². The zero-order valence-electron chi connectivity index (χ0n) is 10.1. The third-order valence-corrected chi connectivity index (χ3v) is 3.51. The quantitative estimate of drug-likeness (QED) is 0.846. The molecule has 0 saturated heterocycles. The van der Waals surface area contributed by atoms with E-state index in [0.29, 0.717) is 6.04 Å². The third-order valence-electron chi connectivity index (χ3n) is 3.51. The molecule has 1 aliphatic rings. The van der Waals surface area contributed by atoms with Crippen LogP contribution in [0, 0.1) is 5.92 Å². The second-order valence-corrected chi connectivity index (χ2v) is 4.41. The number of pyridine rings is 1. The van der Waals surface area contributed by atoms with Crippen LogP contribution in [-0.2, 0) is 0 Å². The molecule has 1 saturated carbocycles. The lowest BCUT2D eigenvalue weighted by Gasteiger charge is -2.24. The zero-order valence-corrected chi connectivity index (χ0v) is 10.1. The molecule has 1 unspecified atom stereocenters. The molecule has 0 amide bonds. The molecule has 1 atom stereocenters. The van der Waals surface area contributed by atoms with Crippen LogP contribution >= 0.6 is 0 Å². The SMILES string of the molecule is CNC(c1cccnc1OC)C1CCCC1. The minimum absolute atomic E-state index is 0.381. The highest BCUT2D eigenvalue weighted by Gasteiger charge is 2.27. The number of nitrogens with one attached hydrogen (secondary N) is 1. The molecule has 1 fully saturated rings. The molecule has 0 radical (unpaired) electrons. The van der Waals surface area contributed by atoms with Crippen LogP contribution in [0.25, 0.3) is 0 Å². The van der Waals surface area contributed by atoms with Gasteiger partial charge < -0.3 is 10.1 Å². The Morgan fingerprint density at radius 3 is 2.81 bits per heavy atom. The molecule has 0 spiro atoms. The van der Waals surface area contributed by atoms with Gasteiger partial charge in [-0.1, -0.05) is 18.9 Å². The van der Waals surface area contributed by atoms with Crippen LogP contribution in [0.2, 0.25) is 0 Å². The van der Waals surface area contributed by atoms with Gasteiger partial charge in [-0.3, -0.25) is 0 Å². The van der Waals surface area contributed by atoms with Crippen LogP contribution in [0.4, 0.5) is 0 Å². The minimum Gasteiger partial charge on any atom is -0.481 e. The summed E-state index contributed by atoms with van der Waals surface area (Å²) in [5.74, 6) is 1.48. The van der Waals surface area contributed by atoms with Crippen LogP contribution in [0.1, 0.15) is 37.3 Å². The molecule has 16 heavy (non-hydrogen) atoms. The highest BCUT2D eigenvalue weighted by atomic mass is 16.5. The normalized spacial score (nSPS) is 18.6. The van der Waals surface area contributed by atoms with Crippen molar-refractivity contribution >= 4 is 0 Å². The third kappa shape index (κ3) is 2.19. The molecule has 0 bridgehead atoms. The van der Waals surface area contributed by atoms with Gasteiger partial charge in [-0.15, -0.1) is 0 Å². The van der Waals surface area contributed by atoms with Crippen molar-refractivity contribution in [3.05, 3.63) is 23.9 Å². The van der Waals surface area contributed by atoms with Gasteiger partial charge in [0.15, 0.2) is 0 Å². The molecule has 3 heteroatoms. The highest BCUT2D eigenvalue weighted by molar-refractivity contribution is 5.29. The lowest BCUT2D eigenvalue weighted by Crippen LogP contribution is -2.24. The first-order chi connectivity index (χ1) is 7.86. The van der Waals surface area contributed by atoms with Crippen molar-refractivity contribution in [2.24, 2.45) is 5.92 Å². The maximum absolute atomic E-state index is 5.34. The van der Waals surface area contributed by atoms with Gasteiger partial charge in [0.2, 0.25) is 5.88 Å². The number of methoxy groups -OCH3 is 1. The van der Waals surface area contributed by atoms with Gasteiger partial charge in [0.25, 0.3) is 0 Å². The van der Waals surface area contributed by atoms with Crippen molar-refractivity contribution in [1.29, 1.82) is 0 Å². The van der Waals surface area contributed by atoms with Crippen LogP contribution < -0.4 is 10.1 Å². The smallest absolute Gasteiger partial charge is 0.217 e. The van der Waals surface area contributed by atoms with E-state index in [0.717, 1.165) is 11.8 Å². The summed E-state index contributed by atoms with van der Waals surface area (Å²) in [7, 11) is 3.71.